The summed E-state index contributed by atoms with van der Waals surface area (Å²) >= 11 is 0. The molecule has 1 aromatic rings. The Morgan fingerprint density at radius 3 is 2.93 bits per heavy atom. The summed E-state index contributed by atoms with van der Waals surface area (Å²) < 4.78 is 7.18. The zero-order valence-electron chi connectivity index (χ0n) is 9.00. The number of hydrogen-bond donors (Lipinski definition) is 1. The van der Waals surface area contributed by atoms with Crippen LogP contribution in [-0.4, -0.2) is 23.4 Å². The number of rotatable bonds is 2. The lowest BCUT2D eigenvalue weighted by molar-refractivity contribution is 0.365. The van der Waals surface area contributed by atoms with Crippen molar-refractivity contribution in [2.24, 2.45) is 7.05 Å². The van der Waals surface area contributed by atoms with Crippen LogP contribution in [-0.2, 0) is 7.05 Å². The molecule has 4 heteroatoms. The summed E-state index contributed by atoms with van der Waals surface area (Å²) in [4.78, 5) is 0. The molecule has 0 bridgehead atoms. The van der Waals surface area contributed by atoms with Gasteiger partial charge in [0.15, 0.2) is 0 Å². The van der Waals surface area contributed by atoms with Gasteiger partial charge in [0.1, 0.15) is 0 Å². The first-order valence-corrected chi connectivity index (χ1v) is 5.05. The molecule has 1 saturated heterocycles. The summed E-state index contributed by atoms with van der Waals surface area (Å²) in [5, 5.41) is 7.85. The highest BCUT2D eigenvalue weighted by Gasteiger charge is 2.25. The van der Waals surface area contributed by atoms with Crippen molar-refractivity contribution in [1.29, 1.82) is 0 Å². The molecule has 0 amide bonds. The van der Waals surface area contributed by atoms with E-state index < -0.39 is 0 Å². The SMILES string of the molecule is COc1c([C@H]2CCCN2)c(C)nn1C. The van der Waals surface area contributed by atoms with Crippen LogP contribution < -0.4 is 10.1 Å². The van der Waals surface area contributed by atoms with E-state index in [0.29, 0.717) is 6.04 Å². The first-order chi connectivity index (χ1) is 6.74. The van der Waals surface area contributed by atoms with Crippen molar-refractivity contribution >= 4 is 0 Å². The van der Waals surface area contributed by atoms with Crippen LogP contribution in [0.25, 0.3) is 0 Å². The molecule has 2 rings (SSSR count). The van der Waals surface area contributed by atoms with Crippen LogP contribution >= 0.6 is 0 Å². The van der Waals surface area contributed by atoms with E-state index in [4.69, 9.17) is 4.74 Å². The molecule has 78 valence electrons. The third kappa shape index (κ3) is 1.39. The van der Waals surface area contributed by atoms with Gasteiger partial charge in [-0.05, 0) is 26.3 Å². The van der Waals surface area contributed by atoms with Crippen molar-refractivity contribution in [3.63, 3.8) is 0 Å². The minimum absolute atomic E-state index is 0.429. The van der Waals surface area contributed by atoms with E-state index in [1.54, 1.807) is 7.11 Å². The molecule has 14 heavy (non-hydrogen) atoms. The summed E-state index contributed by atoms with van der Waals surface area (Å²) in [5.74, 6) is 0.891. The second-order valence-electron chi connectivity index (χ2n) is 3.78. The number of aromatic nitrogens is 2. The van der Waals surface area contributed by atoms with Crippen LogP contribution in [0.2, 0.25) is 0 Å². The van der Waals surface area contributed by atoms with Crippen molar-refractivity contribution in [2.75, 3.05) is 13.7 Å². The molecule has 1 aliphatic rings. The average Bonchev–Trinajstić information content (AvgIpc) is 2.72. The van der Waals surface area contributed by atoms with Crippen LogP contribution in [0.5, 0.6) is 5.88 Å². The van der Waals surface area contributed by atoms with Gasteiger partial charge in [-0.1, -0.05) is 0 Å². The summed E-state index contributed by atoms with van der Waals surface area (Å²) in [5.41, 5.74) is 2.30. The molecule has 0 radical (unpaired) electrons. The molecule has 4 nitrogen and oxygen atoms in total. The molecule has 1 aromatic heterocycles. The number of nitrogens with zero attached hydrogens (tertiary/aromatic N) is 2. The summed E-state index contributed by atoms with van der Waals surface area (Å²) in [6.45, 7) is 3.14. The Bertz CT molecular complexity index is 326. The molecule has 2 heterocycles. The van der Waals surface area contributed by atoms with Crippen molar-refractivity contribution in [3.05, 3.63) is 11.3 Å². The molecular weight excluding hydrogens is 178 g/mol. The Kier molecular flexibility index (Phi) is 2.46. The minimum Gasteiger partial charge on any atom is -0.481 e. The maximum atomic E-state index is 5.37. The lowest BCUT2D eigenvalue weighted by Gasteiger charge is -2.11. The van der Waals surface area contributed by atoms with E-state index >= 15 is 0 Å². The number of hydrogen-bond acceptors (Lipinski definition) is 3. The van der Waals surface area contributed by atoms with Gasteiger partial charge in [0.05, 0.1) is 18.4 Å². The van der Waals surface area contributed by atoms with E-state index in [0.717, 1.165) is 18.1 Å². The zero-order valence-corrected chi connectivity index (χ0v) is 9.00. The first-order valence-electron chi connectivity index (χ1n) is 5.05. The third-order valence-corrected chi connectivity index (χ3v) is 2.82. The highest BCUT2D eigenvalue weighted by molar-refractivity contribution is 5.34. The fourth-order valence-electron chi connectivity index (χ4n) is 2.23. The normalized spacial score (nSPS) is 21.5. The van der Waals surface area contributed by atoms with E-state index in [1.165, 1.54) is 18.4 Å². The maximum absolute atomic E-state index is 5.37. The number of methoxy groups -OCH3 is 1. The smallest absolute Gasteiger partial charge is 0.216 e. The predicted octanol–water partition coefficient (Wildman–Crippen LogP) is 1.16. The summed E-state index contributed by atoms with van der Waals surface area (Å²) in [6.07, 6.45) is 2.42. The van der Waals surface area contributed by atoms with Gasteiger partial charge in [-0.15, -0.1) is 0 Å². The van der Waals surface area contributed by atoms with E-state index in [9.17, 15) is 0 Å². The van der Waals surface area contributed by atoms with Crippen LogP contribution in [0.15, 0.2) is 0 Å². The van der Waals surface area contributed by atoms with Gasteiger partial charge in [0, 0.05) is 13.1 Å². The summed E-state index contributed by atoms with van der Waals surface area (Å²) in [7, 11) is 3.62. The topological polar surface area (TPSA) is 39.1 Å². The maximum Gasteiger partial charge on any atom is 0.216 e. The van der Waals surface area contributed by atoms with Gasteiger partial charge >= 0.3 is 0 Å². The Balaban J connectivity index is 2.38. The second kappa shape index (κ2) is 3.61. The highest BCUT2D eigenvalue weighted by atomic mass is 16.5. The molecule has 0 saturated carbocycles. The van der Waals surface area contributed by atoms with Gasteiger partial charge in [0.2, 0.25) is 5.88 Å². The predicted molar refractivity (Wildman–Crippen MR) is 54.5 cm³/mol. The Morgan fingerprint density at radius 2 is 2.36 bits per heavy atom. The summed E-state index contributed by atoms with van der Waals surface area (Å²) in [6, 6.07) is 0.429. The Hall–Kier alpha value is -1.03. The highest BCUT2D eigenvalue weighted by Crippen LogP contribution is 2.32. The van der Waals surface area contributed by atoms with Crippen molar-refractivity contribution in [2.45, 2.75) is 25.8 Å². The molecule has 0 aromatic carbocycles. The van der Waals surface area contributed by atoms with Crippen molar-refractivity contribution < 1.29 is 4.74 Å². The van der Waals surface area contributed by atoms with Crippen molar-refractivity contribution in [1.82, 2.24) is 15.1 Å². The second-order valence-corrected chi connectivity index (χ2v) is 3.78. The van der Waals surface area contributed by atoms with Crippen LogP contribution in [0.4, 0.5) is 0 Å². The van der Waals surface area contributed by atoms with Gasteiger partial charge in [-0.25, -0.2) is 4.68 Å². The standard InChI is InChI=1S/C10H17N3O/c1-7-9(8-5-4-6-11-8)10(14-3)13(2)12-7/h8,11H,4-6H2,1-3H3/t8-/m1/s1. The Labute approximate surface area is 84.3 Å². The van der Waals surface area contributed by atoms with Crippen LogP contribution in [0.3, 0.4) is 0 Å². The number of ether oxygens (including phenoxy) is 1. The van der Waals surface area contributed by atoms with Crippen LogP contribution in [0.1, 0.15) is 30.1 Å². The van der Waals surface area contributed by atoms with Gasteiger partial charge in [-0.3, -0.25) is 0 Å². The van der Waals surface area contributed by atoms with E-state index in [2.05, 4.69) is 10.4 Å². The fraction of sp³-hybridized carbons (Fsp3) is 0.700. The van der Waals surface area contributed by atoms with Gasteiger partial charge in [0.25, 0.3) is 0 Å². The quantitative estimate of drug-likeness (QED) is 0.769. The van der Waals surface area contributed by atoms with Gasteiger partial charge < -0.3 is 10.1 Å². The molecule has 0 spiro atoms. The molecule has 1 atom stereocenters. The van der Waals surface area contributed by atoms with Gasteiger partial charge in [-0.2, -0.15) is 5.10 Å². The number of nitrogens with one attached hydrogen (secondary N) is 1. The Morgan fingerprint density at radius 1 is 1.57 bits per heavy atom. The third-order valence-electron chi connectivity index (χ3n) is 2.82. The lowest BCUT2D eigenvalue weighted by atomic mass is 10.1. The lowest BCUT2D eigenvalue weighted by Crippen LogP contribution is -2.14. The zero-order chi connectivity index (χ0) is 10.1. The first kappa shape index (κ1) is 9.52. The molecule has 1 N–H and O–H groups in total. The average molecular weight is 195 g/mol. The van der Waals surface area contributed by atoms with Crippen LogP contribution in [0, 0.1) is 6.92 Å². The minimum atomic E-state index is 0.429. The molecule has 0 aliphatic carbocycles. The van der Waals surface area contributed by atoms with Crippen molar-refractivity contribution in [3.8, 4) is 5.88 Å². The van der Waals surface area contributed by atoms with E-state index in [1.807, 2.05) is 18.7 Å². The monoisotopic (exact) mass is 195 g/mol. The fourth-order valence-corrected chi connectivity index (χ4v) is 2.23. The molecule has 0 unspecified atom stereocenters. The molecular formula is C10H17N3O. The number of aryl methyl sites for hydroxylation is 2. The molecule has 1 aliphatic heterocycles. The van der Waals surface area contributed by atoms with E-state index in [-0.39, 0.29) is 0 Å². The largest absolute Gasteiger partial charge is 0.481 e. The molecule has 1 fully saturated rings.